The Labute approximate surface area is 136 Å². The van der Waals surface area contributed by atoms with E-state index in [1.807, 2.05) is 12.4 Å². The number of likely N-dealkylation sites (N-methyl/N-ethyl adjacent to an activating group) is 1. The molecule has 6 heteroatoms. The second-order valence-corrected chi connectivity index (χ2v) is 7.27. The van der Waals surface area contributed by atoms with E-state index in [1.165, 1.54) is 11.3 Å². The van der Waals surface area contributed by atoms with Crippen LogP contribution in [0.15, 0.2) is 5.38 Å². The van der Waals surface area contributed by atoms with Crippen molar-refractivity contribution in [1.82, 2.24) is 9.88 Å². The molecule has 1 aliphatic rings. The Morgan fingerprint density at radius 1 is 1.45 bits per heavy atom. The summed E-state index contributed by atoms with van der Waals surface area (Å²) in [6, 6.07) is 0.228. The maximum Gasteiger partial charge on any atom is 0.228 e. The molecule has 2 rings (SSSR count). The molecule has 0 radical (unpaired) electrons. The fourth-order valence-electron chi connectivity index (χ4n) is 2.72. The number of amides is 2. The van der Waals surface area contributed by atoms with Crippen LogP contribution in [-0.4, -0.2) is 41.3 Å². The molecule has 1 aliphatic heterocycles. The third kappa shape index (κ3) is 4.06. The van der Waals surface area contributed by atoms with E-state index in [-0.39, 0.29) is 17.9 Å². The van der Waals surface area contributed by atoms with Crippen LogP contribution in [0.3, 0.4) is 0 Å². The Hall–Kier alpha value is -1.43. The standard InChI is InChI=1S/C16H25N3O2S/c1-11(2)8-12(3)18(4)15(21)9-13-10-22-16(17-13)19-7-5-6-14(19)20/h10-12H,5-9H2,1-4H3/t12-/m1/s1. The van der Waals surface area contributed by atoms with Crippen LogP contribution >= 0.6 is 11.3 Å². The fourth-order valence-corrected chi connectivity index (χ4v) is 3.59. The normalized spacial score (nSPS) is 16.4. The van der Waals surface area contributed by atoms with Gasteiger partial charge in [0.15, 0.2) is 5.13 Å². The van der Waals surface area contributed by atoms with Crippen LogP contribution in [0.25, 0.3) is 0 Å². The number of hydrogen-bond donors (Lipinski definition) is 0. The van der Waals surface area contributed by atoms with Gasteiger partial charge in [-0.15, -0.1) is 11.3 Å². The van der Waals surface area contributed by atoms with Gasteiger partial charge in [0.05, 0.1) is 12.1 Å². The number of nitrogens with zero attached hydrogens (tertiary/aromatic N) is 3. The summed E-state index contributed by atoms with van der Waals surface area (Å²) in [5, 5.41) is 2.61. The molecule has 0 aliphatic carbocycles. The van der Waals surface area contributed by atoms with Crippen molar-refractivity contribution in [3.8, 4) is 0 Å². The maximum atomic E-state index is 12.3. The Balaban J connectivity index is 1.94. The molecule has 0 saturated carbocycles. The van der Waals surface area contributed by atoms with Crippen LogP contribution in [0.4, 0.5) is 5.13 Å². The van der Waals surface area contributed by atoms with Gasteiger partial charge in [-0.3, -0.25) is 14.5 Å². The molecule has 1 saturated heterocycles. The van der Waals surface area contributed by atoms with E-state index < -0.39 is 0 Å². The monoisotopic (exact) mass is 323 g/mol. The lowest BCUT2D eigenvalue weighted by Gasteiger charge is -2.26. The molecule has 1 aromatic heterocycles. The molecular weight excluding hydrogens is 298 g/mol. The first-order valence-electron chi connectivity index (χ1n) is 7.89. The summed E-state index contributed by atoms with van der Waals surface area (Å²) in [7, 11) is 1.85. The van der Waals surface area contributed by atoms with Crippen molar-refractivity contribution in [3.63, 3.8) is 0 Å². The number of carbonyl (C=O) groups excluding carboxylic acids is 2. The van der Waals surface area contributed by atoms with E-state index >= 15 is 0 Å². The summed E-state index contributed by atoms with van der Waals surface area (Å²) in [6.45, 7) is 7.14. The van der Waals surface area contributed by atoms with Gasteiger partial charge in [0.2, 0.25) is 11.8 Å². The molecule has 1 aromatic rings. The summed E-state index contributed by atoms with van der Waals surface area (Å²) in [4.78, 5) is 32.1. The van der Waals surface area contributed by atoms with Crippen molar-refractivity contribution in [3.05, 3.63) is 11.1 Å². The van der Waals surface area contributed by atoms with Gasteiger partial charge in [-0.1, -0.05) is 13.8 Å². The molecule has 122 valence electrons. The second-order valence-electron chi connectivity index (χ2n) is 6.43. The number of carbonyl (C=O) groups is 2. The minimum absolute atomic E-state index is 0.0812. The van der Waals surface area contributed by atoms with Crippen LogP contribution in [0.1, 0.15) is 45.7 Å². The number of anilines is 1. The smallest absolute Gasteiger partial charge is 0.228 e. The highest BCUT2D eigenvalue weighted by molar-refractivity contribution is 7.14. The van der Waals surface area contributed by atoms with E-state index in [2.05, 4.69) is 25.8 Å². The van der Waals surface area contributed by atoms with E-state index in [1.54, 1.807) is 9.80 Å². The largest absolute Gasteiger partial charge is 0.343 e. The van der Waals surface area contributed by atoms with Gasteiger partial charge in [0.1, 0.15) is 0 Å². The lowest BCUT2D eigenvalue weighted by atomic mass is 10.0. The Morgan fingerprint density at radius 3 is 2.77 bits per heavy atom. The van der Waals surface area contributed by atoms with Crippen molar-refractivity contribution < 1.29 is 9.59 Å². The van der Waals surface area contributed by atoms with Crippen LogP contribution in [0.2, 0.25) is 0 Å². The summed E-state index contributed by atoms with van der Waals surface area (Å²) in [6.07, 6.45) is 2.79. The molecular formula is C16H25N3O2S. The number of aromatic nitrogens is 1. The van der Waals surface area contributed by atoms with Gasteiger partial charge >= 0.3 is 0 Å². The Kier molecular flexibility index (Phi) is 5.56. The van der Waals surface area contributed by atoms with Gasteiger partial charge in [0, 0.05) is 31.4 Å². The lowest BCUT2D eigenvalue weighted by Crippen LogP contribution is -2.37. The molecule has 1 atom stereocenters. The third-order valence-corrected chi connectivity index (χ3v) is 4.96. The summed E-state index contributed by atoms with van der Waals surface area (Å²) >= 11 is 1.45. The molecule has 2 heterocycles. The molecule has 0 aromatic carbocycles. The predicted octanol–water partition coefficient (Wildman–Crippen LogP) is 2.71. The molecule has 0 bridgehead atoms. The minimum atomic E-state index is 0.0812. The van der Waals surface area contributed by atoms with Gasteiger partial charge in [0.25, 0.3) is 0 Å². The lowest BCUT2D eigenvalue weighted by molar-refractivity contribution is -0.131. The number of hydrogen-bond acceptors (Lipinski definition) is 4. The summed E-state index contributed by atoms with van der Waals surface area (Å²) < 4.78 is 0. The van der Waals surface area contributed by atoms with Crippen LogP contribution in [0.5, 0.6) is 0 Å². The van der Waals surface area contributed by atoms with Crippen LogP contribution in [0, 0.1) is 5.92 Å². The topological polar surface area (TPSA) is 53.5 Å². The van der Waals surface area contributed by atoms with Crippen LogP contribution < -0.4 is 4.90 Å². The van der Waals surface area contributed by atoms with Crippen molar-refractivity contribution in [2.75, 3.05) is 18.5 Å². The fraction of sp³-hybridized carbons (Fsp3) is 0.688. The predicted molar refractivity (Wildman–Crippen MR) is 89.1 cm³/mol. The SMILES string of the molecule is CC(C)C[C@@H](C)N(C)C(=O)Cc1csc(N2CCCC2=O)n1. The zero-order valence-electron chi connectivity index (χ0n) is 13.8. The summed E-state index contributed by atoms with van der Waals surface area (Å²) in [5.74, 6) is 0.782. The van der Waals surface area contributed by atoms with Crippen molar-refractivity contribution in [2.24, 2.45) is 5.92 Å². The highest BCUT2D eigenvalue weighted by Gasteiger charge is 2.25. The molecule has 1 fully saturated rings. The molecule has 0 spiro atoms. The molecule has 2 amide bonds. The van der Waals surface area contributed by atoms with Gasteiger partial charge in [-0.05, 0) is 25.7 Å². The third-order valence-electron chi connectivity index (χ3n) is 4.04. The van der Waals surface area contributed by atoms with Crippen LogP contribution in [-0.2, 0) is 16.0 Å². The number of thiazole rings is 1. The van der Waals surface area contributed by atoms with Crippen molar-refractivity contribution >= 4 is 28.3 Å². The van der Waals surface area contributed by atoms with Crippen molar-refractivity contribution in [2.45, 2.75) is 52.5 Å². The van der Waals surface area contributed by atoms with E-state index in [9.17, 15) is 9.59 Å². The minimum Gasteiger partial charge on any atom is -0.343 e. The average Bonchev–Trinajstić information content (AvgIpc) is 3.05. The first-order chi connectivity index (χ1) is 10.4. The molecule has 22 heavy (non-hydrogen) atoms. The van der Waals surface area contributed by atoms with Gasteiger partial charge in [-0.2, -0.15) is 0 Å². The van der Waals surface area contributed by atoms with E-state index in [4.69, 9.17) is 0 Å². The zero-order valence-corrected chi connectivity index (χ0v) is 14.7. The molecule has 5 nitrogen and oxygen atoms in total. The highest BCUT2D eigenvalue weighted by atomic mass is 32.1. The van der Waals surface area contributed by atoms with Crippen molar-refractivity contribution in [1.29, 1.82) is 0 Å². The van der Waals surface area contributed by atoms with E-state index in [0.717, 1.165) is 30.2 Å². The Bertz CT molecular complexity index is 541. The summed E-state index contributed by atoms with van der Waals surface area (Å²) in [5.41, 5.74) is 0.758. The van der Waals surface area contributed by atoms with E-state index in [0.29, 0.717) is 18.8 Å². The first-order valence-corrected chi connectivity index (χ1v) is 8.77. The second kappa shape index (κ2) is 7.22. The highest BCUT2D eigenvalue weighted by Crippen LogP contribution is 2.25. The van der Waals surface area contributed by atoms with Gasteiger partial charge in [-0.25, -0.2) is 4.98 Å². The molecule has 0 N–H and O–H groups in total. The maximum absolute atomic E-state index is 12.3. The number of rotatable bonds is 6. The van der Waals surface area contributed by atoms with Gasteiger partial charge < -0.3 is 4.90 Å². The first kappa shape index (κ1) is 16.9. The zero-order chi connectivity index (χ0) is 16.3. The quantitative estimate of drug-likeness (QED) is 0.809. The Morgan fingerprint density at radius 2 is 2.18 bits per heavy atom. The molecule has 0 unspecified atom stereocenters. The average molecular weight is 323 g/mol.